The lowest BCUT2D eigenvalue weighted by Crippen LogP contribution is -2.42. The Morgan fingerprint density at radius 2 is 2.11 bits per heavy atom. The van der Waals surface area contributed by atoms with Gasteiger partial charge in [0.2, 0.25) is 0 Å². The highest BCUT2D eigenvalue weighted by Crippen LogP contribution is 2.32. The Morgan fingerprint density at radius 1 is 1.33 bits per heavy atom. The number of amides is 1. The number of aromatic amines is 1. The van der Waals surface area contributed by atoms with Crippen LogP contribution in [0.1, 0.15) is 50.0 Å². The SMILES string of the molecule is CC(C)(O)[C@H]1CC[C@H](NC(=O)c2nc(-n3ccnc3)cc3cn[nH]c23)CC1. The summed E-state index contributed by atoms with van der Waals surface area (Å²) < 4.78 is 1.76. The number of rotatable bonds is 4. The molecule has 3 N–H and O–H groups in total. The molecule has 0 aromatic carbocycles. The van der Waals surface area contributed by atoms with Gasteiger partial charge in [0, 0.05) is 23.8 Å². The third kappa shape index (κ3) is 3.57. The van der Waals surface area contributed by atoms with Crippen LogP contribution >= 0.6 is 0 Å². The van der Waals surface area contributed by atoms with E-state index in [9.17, 15) is 9.90 Å². The molecular weight excluding hydrogens is 344 g/mol. The molecule has 1 aliphatic carbocycles. The average Bonchev–Trinajstić information content (AvgIpc) is 3.32. The van der Waals surface area contributed by atoms with Gasteiger partial charge in [-0.25, -0.2) is 9.97 Å². The van der Waals surface area contributed by atoms with Crippen molar-refractivity contribution in [3.8, 4) is 5.82 Å². The van der Waals surface area contributed by atoms with E-state index in [0.29, 0.717) is 17.0 Å². The second-order valence-electron chi connectivity index (χ2n) is 7.81. The number of imidazole rings is 1. The Balaban J connectivity index is 1.54. The van der Waals surface area contributed by atoms with Gasteiger partial charge in [0.15, 0.2) is 5.69 Å². The lowest BCUT2D eigenvalue weighted by Gasteiger charge is -2.36. The van der Waals surface area contributed by atoms with E-state index in [4.69, 9.17) is 0 Å². The first-order valence-corrected chi connectivity index (χ1v) is 9.27. The Labute approximate surface area is 157 Å². The van der Waals surface area contributed by atoms with Crippen molar-refractivity contribution in [2.45, 2.75) is 51.2 Å². The molecule has 0 aliphatic heterocycles. The molecule has 1 amide bonds. The molecule has 8 nitrogen and oxygen atoms in total. The topological polar surface area (TPSA) is 109 Å². The third-order valence-electron chi connectivity index (χ3n) is 5.46. The molecule has 3 aromatic heterocycles. The van der Waals surface area contributed by atoms with Crippen molar-refractivity contribution in [2.75, 3.05) is 0 Å². The number of aromatic nitrogens is 5. The summed E-state index contributed by atoms with van der Waals surface area (Å²) in [7, 11) is 0. The standard InChI is InChI=1S/C19H24N6O2/c1-19(2,27)13-3-5-14(6-4-13)22-18(26)17-16-12(10-21-24-16)9-15(23-17)25-8-7-20-11-25/h7-11,13-14,27H,3-6H2,1-2H3,(H,21,24)(H,22,26)/t13-,14-. The van der Waals surface area contributed by atoms with Crippen molar-refractivity contribution in [2.24, 2.45) is 5.92 Å². The van der Waals surface area contributed by atoms with Crippen LogP contribution in [0, 0.1) is 5.92 Å². The average molecular weight is 368 g/mol. The van der Waals surface area contributed by atoms with Crippen molar-refractivity contribution in [3.63, 3.8) is 0 Å². The zero-order valence-electron chi connectivity index (χ0n) is 15.5. The number of H-pyrrole nitrogens is 1. The number of carbonyl (C=O) groups excluding carboxylic acids is 1. The van der Waals surface area contributed by atoms with Crippen LogP contribution in [0.4, 0.5) is 0 Å². The van der Waals surface area contributed by atoms with E-state index in [1.165, 1.54) is 0 Å². The highest BCUT2D eigenvalue weighted by Gasteiger charge is 2.32. The summed E-state index contributed by atoms with van der Waals surface area (Å²) in [6, 6.07) is 1.96. The maximum absolute atomic E-state index is 12.9. The summed E-state index contributed by atoms with van der Waals surface area (Å²) in [5.74, 6) is 0.683. The van der Waals surface area contributed by atoms with Gasteiger partial charge in [-0.1, -0.05) is 0 Å². The Kier molecular flexibility index (Phi) is 4.43. The quantitative estimate of drug-likeness (QED) is 0.654. The van der Waals surface area contributed by atoms with E-state index in [-0.39, 0.29) is 17.9 Å². The summed E-state index contributed by atoms with van der Waals surface area (Å²) in [4.78, 5) is 21.5. The molecule has 1 aliphatic rings. The number of fused-ring (bicyclic) bond motifs is 1. The summed E-state index contributed by atoms with van der Waals surface area (Å²) in [6.45, 7) is 3.72. The van der Waals surface area contributed by atoms with Crippen LogP contribution in [-0.2, 0) is 0 Å². The molecule has 0 unspecified atom stereocenters. The van der Waals surface area contributed by atoms with Gasteiger partial charge in [-0.15, -0.1) is 0 Å². The Bertz CT molecular complexity index is 933. The van der Waals surface area contributed by atoms with Gasteiger partial charge >= 0.3 is 0 Å². The summed E-state index contributed by atoms with van der Waals surface area (Å²) in [6.07, 6.45) is 10.3. The molecule has 0 atom stereocenters. The Morgan fingerprint density at radius 3 is 2.78 bits per heavy atom. The molecule has 0 spiro atoms. The van der Waals surface area contributed by atoms with Crippen molar-refractivity contribution in [1.29, 1.82) is 0 Å². The lowest BCUT2D eigenvalue weighted by atomic mass is 9.77. The molecule has 1 fully saturated rings. The van der Waals surface area contributed by atoms with E-state index in [0.717, 1.165) is 31.1 Å². The minimum absolute atomic E-state index is 0.0905. The maximum Gasteiger partial charge on any atom is 0.272 e. The van der Waals surface area contributed by atoms with Crippen LogP contribution in [0.5, 0.6) is 0 Å². The number of nitrogens with one attached hydrogen (secondary N) is 2. The van der Waals surface area contributed by atoms with Crippen LogP contribution in [0.15, 0.2) is 31.0 Å². The first-order chi connectivity index (χ1) is 12.9. The van der Waals surface area contributed by atoms with E-state index in [1.54, 1.807) is 29.5 Å². The lowest BCUT2D eigenvalue weighted by molar-refractivity contribution is -0.00258. The molecule has 4 rings (SSSR count). The van der Waals surface area contributed by atoms with Gasteiger partial charge in [0.1, 0.15) is 12.1 Å². The van der Waals surface area contributed by atoms with Crippen LogP contribution in [-0.4, -0.2) is 47.4 Å². The molecule has 8 heteroatoms. The van der Waals surface area contributed by atoms with E-state index in [2.05, 4.69) is 25.5 Å². The second-order valence-corrected chi connectivity index (χ2v) is 7.81. The second kappa shape index (κ2) is 6.77. The number of pyridine rings is 1. The largest absolute Gasteiger partial charge is 0.390 e. The fraction of sp³-hybridized carbons (Fsp3) is 0.474. The molecule has 0 radical (unpaired) electrons. The van der Waals surface area contributed by atoms with Gasteiger partial charge in [0.25, 0.3) is 5.91 Å². The predicted octanol–water partition coefficient (Wildman–Crippen LogP) is 2.20. The maximum atomic E-state index is 12.9. The summed E-state index contributed by atoms with van der Waals surface area (Å²) in [5.41, 5.74) is 0.289. The molecule has 142 valence electrons. The molecule has 27 heavy (non-hydrogen) atoms. The number of hydrogen-bond donors (Lipinski definition) is 3. The fourth-order valence-electron chi connectivity index (χ4n) is 3.83. The number of carbonyl (C=O) groups is 1. The fourth-order valence-corrected chi connectivity index (χ4v) is 3.83. The van der Waals surface area contributed by atoms with Crippen LogP contribution in [0.25, 0.3) is 16.7 Å². The zero-order valence-corrected chi connectivity index (χ0v) is 15.5. The molecule has 3 heterocycles. The molecule has 0 bridgehead atoms. The van der Waals surface area contributed by atoms with Crippen LogP contribution in [0.2, 0.25) is 0 Å². The van der Waals surface area contributed by atoms with Gasteiger partial charge in [-0.3, -0.25) is 14.5 Å². The van der Waals surface area contributed by atoms with Crippen LogP contribution < -0.4 is 5.32 Å². The van der Waals surface area contributed by atoms with E-state index >= 15 is 0 Å². The van der Waals surface area contributed by atoms with E-state index in [1.807, 2.05) is 19.9 Å². The van der Waals surface area contributed by atoms with Gasteiger partial charge in [-0.2, -0.15) is 5.10 Å². The minimum Gasteiger partial charge on any atom is -0.390 e. The number of hydrogen-bond acceptors (Lipinski definition) is 5. The van der Waals surface area contributed by atoms with E-state index < -0.39 is 5.60 Å². The predicted molar refractivity (Wildman–Crippen MR) is 101 cm³/mol. The molecule has 0 saturated heterocycles. The van der Waals surface area contributed by atoms with Gasteiger partial charge < -0.3 is 10.4 Å². The van der Waals surface area contributed by atoms with Crippen molar-refractivity contribution >= 4 is 16.8 Å². The number of aliphatic hydroxyl groups is 1. The van der Waals surface area contributed by atoms with Crippen molar-refractivity contribution in [3.05, 3.63) is 36.7 Å². The first kappa shape index (κ1) is 17.7. The molecule has 1 saturated carbocycles. The van der Waals surface area contributed by atoms with Crippen molar-refractivity contribution in [1.82, 2.24) is 30.0 Å². The normalized spacial score (nSPS) is 20.7. The molecule has 3 aromatic rings. The van der Waals surface area contributed by atoms with Gasteiger partial charge in [-0.05, 0) is 51.5 Å². The third-order valence-corrected chi connectivity index (χ3v) is 5.46. The summed E-state index contributed by atoms with van der Waals surface area (Å²) >= 11 is 0. The van der Waals surface area contributed by atoms with Gasteiger partial charge in [0.05, 0.1) is 17.3 Å². The summed E-state index contributed by atoms with van der Waals surface area (Å²) in [5, 5.41) is 21.0. The monoisotopic (exact) mass is 368 g/mol. The first-order valence-electron chi connectivity index (χ1n) is 9.27. The zero-order chi connectivity index (χ0) is 19.0. The van der Waals surface area contributed by atoms with Crippen LogP contribution in [0.3, 0.4) is 0 Å². The molecular formula is C19H24N6O2. The Hall–Kier alpha value is -2.74. The minimum atomic E-state index is -0.669. The highest BCUT2D eigenvalue weighted by molar-refractivity contribution is 6.04. The van der Waals surface area contributed by atoms with Crippen molar-refractivity contribution < 1.29 is 9.90 Å². The highest BCUT2D eigenvalue weighted by atomic mass is 16.3. The number of nitrogens with zero attached hydrogens (tertiary/aromatic N) is 4. The smallest absolute Gasteiger partial charge is 0.272 e.